The lowest BCUT2D eigenvalue weighted by molar-refractivity contribution is -0.150. The topological polar surface area (TPSA) is 108 Å². The monoisotopic (exact) mass is 449 g/mol. The fraction of sp³-hybridized carbons (Fsp3) is 0.250. The van der Waals surface area contributed by atoms with E-state index in [-0.39, 0.29) is 22.3 Å². The van der Waals surface area contributed by atoms with Crippen molar-refractivity contribution in [3.05, 3.63) is 75.8 Å². The number of nitrogens with zero attached hydrogens (tertiary/aromatic N) is 1. The Morgan fingerprint density at radius 1 is 1.19 bits per heavy atom. The minimum atomic E-state index is -1.19. The highest BCUT2D eigenvalue weighted by molar-refractivity contribution is 8.03. The van der Waals surface area contributed by atoms with E-state index >= 15 is 0 Å². The fourth-order valence-electron chi connectivity index (χ4n) is 3.53. The van der Waals surface area contributed by atoms with Gasteiger partial charge in [-0.15, -0.1) is 0 Å². The highest BCUT2D eigenvalue weighted by atomic mass is 32.2. The molecular weight excluding hydrogens is 426 g/mol. The van der Waals surface area contributed by atoms with E-state index in [1.54, 1.807) is 24.3 Å². The number of hydrogen-bond acceptors (Lipinski definition) is 6. The first-order valence-electron chi connectivity index (χ1n) is 9.93. The van der Waals surface area contributed by atoms with Crippen LogP contribution in [0.1, 0.15) is 22.6 Å². The number of thioether (sulfide) groups is 1. The van der Waals surface area contributed by atoms with Crippen molar-refractivity contribution in [2.45, 2.75) is 19.8 Å². The molecule has 0 aromatic heterocycles. The number of hydrogen-bond donors (Lipinski definition) is 2. The Balaban J connectivity index is 1.87. The van der Waals surface area contributed by atoms with Crippen LogP contribution in [0.2, 0.25) is 0 Å². The number of carbonyl (C=O) groups excluding carboxylic acids is 3. The molecule has 3 rings (SSSR count). The zero-order valence-corrected chi connectivity index (χ0v) is 18.8. The van der Waals surface area contributed by atoms with Gasteiger partial charge in [-0.25, -0.2) is 0 Å². The van der Waals surface area contributed by atoms with Crippen molar-refractivity contribution < 1.29 is 19.1 Å². The zero-order chi connectivity index (χ0) is 23.3. The van der Waals surface area contributed by atoms with Crippen molar-refractivity contribution in [3.8, 4) is 6.07 Å². The summed E-state index contributed by atoms with van der Waals surface area (Å²) in [7, 11) is 1.20. The molecule has 32 heavy (non-hydrogen) atoms. The minimum Gasteiger partial charge on any atom is -0.468 e. The lowest BCUT2D eigenvalue weighted by Gasteiger charge is -2.30. The standard InChI is InChI=1S/C24H23N3O4S/c1-14-9-10-15(2)18(11-14)26-19(28)13-32-23-17(12-25)20(16-7-5-4-6-8-16)21(22(29)27-23)24(30)31-3/h4-11,20-21H,13H2,1-3H3,(H,26,28)(H,27,29)/t20-,21-/m1/s1. The predicted molar refractivity (Wildman–Crippen MR) is 122 cm³/mol. The van der Waals surface area contributed by atoms with Crippen molar-refractivity contribution >= 4 is 35.2 Å². The minimum absolute atomic E-state index is 0.0153. The molecule has 0 unspecified atom stereocenters. The van der Waals surface area contributed by atoms with Gasteiger partial charge in [0, 0.05) is 11.6 Å². The Labute approximate surface area is 190 Å². The van der Waals surface area contributed by atoms with Crippen LogP contribution in [-0.4, -0.2) is 30.6 Å². The van der Waals surface area contributed by atoms with Gasteiger partial charge in [0.2, 0.25) is 11.8 Å². The number of esters is 1. The lowest BCUT2D eigenvalue weighted by atomic mass is 9.78. The second-order valence-electron chi connectivity index (χ2n) is 7.39. The third-order valence-electron chi connectivity index (χ3n) is 5.16. The fourth-order valence-corrected chi connectivity index (χ4v) is 4.38. The van der Waals surface area contributed by atoms with Crippen LogP contribution in [0.5, 0.6) is 0 Å². The average Bonchev–Trinajstić information content (AvgIpc) is 2.79. The van der Waals surface area contributed by atoms with Crippen LogP contribution >= 0.6 is 11.8 Å². The number of aryl methyl sites for hydroxylation is 2. The van der Waals surface area contributed by atoms with E-state index in [0.29, 0.717) is 11.3 Å². The second-order valence-corrected chi connectivity index (χ2v) is 8.37. The molecule has 1 aliphatic heterocycles. The first-order chi connectivity index (χ1) is 15.3. The quantitative estimate of drug-likeness (QED) is 0.517. The number of anilines is 1. The molecule has 2 aromatic rings. The smallest absolute Gasteiger partial charge is 0.319 e. The van der Waals surface area contributed by atoms with Gasteiger partial charge in [0.25, 0.3) is 0 Å². The molecule has 0 bridgehead atoms. The van der Waals surface area contributed by atoms with E-state index in [0.717, 1.165) is 22.9 Å². The maximum Gasteiger partial charge on any atom is 0.319 e. The molecule has 0 saturated carbocycles. The van der Waals surface area contributed by atoms with Crippen LogP contribution in [0, 0.1) is 31.1 Å². The summed E-state index contributed by atoms with van der Waals surface area (Å²) in [6.07, 6.45) is 0. The van der Waals surface area contributed by atoms with Gasteiger partial charge in [-0.2, -0.15) is 5.26 Å². The van der Waals surface area contributed by atoms with Crippen LogP contribution in [0.3, 0.4) is 0 Å². The highest BCUT2D eigenvalue weighted by Crippen LogP contribution is 2.40. The van der Waals surface area contributed by atoms with Gasteiger partial charge >= 0.3 is 5.97 Å². The van der Waals surface area contributed by atoms with Gasteiger partial charge < -0.3 is 15.4 Å². The Bertz CT molecular complexity index is 1120. The number of ether oxygens (including phenoxy) is 1. The molecule has 1 heterocycles. The predicted octanol–water partition coefficient (Wildman–Crippen LogP) is 3.41. The molecule has 164 valence electrons. The van der Waals surface area contributed by atoms with Crippen LogP contribution in [0.15, 0.2) is 59.1 Å². The molecule has 0 aliphatic carbocycles. The number of nitriles is 1. The number of nitrogens with one attached hydrogen (secondary N) is 2. The molecule has 1 aliphatic rings. The van der Waals surface area contributed by atoms with E-state index in [4.69, 9.17) is 4.74 Å². The Morgan fingerprint density at radius 2 is 1.91 bits per heavy atom. The van der Waals surface area contributed by atoms with Gasteiger partial charge in [0.05, 0.1) is 29.5 Å². The summed E-state index contributed by atoms with van der Waals surface area (Å²) < 4.78 is 4.82. The summed E-state index contributed by atoms with van der Waals surface area (Å²) in [5, 5.41) is 15.6. The van der Waals surface area contributed by atoms with Gasteiger partial charge in [0.15, 0.2) is 0 Å². The number of allylic oxidation sites excluding steroid dienone is 1. The summed E-state index contributed by atoms with van der Waals surface area (Å²) in [6.45, 7) is 3.84. The third kappa shape index (κ3) is 5.01. The molecule has 0 saturated heterocycles. The summed E-state index contributed by atoms with van der Waals surface area (Å²) >= 11 is 1.05. The average molecular weight is 450 g/mol. The number of amides is 2. The Hall–Kier alpha value is -3.57. The normalized spacial score (nSPS) is 17.9. The molecule has 2 amide bonds. The highest BCUT2D eigenvalue weighted by Gasteiger charge is 2.44. The summed E-state index contributed by atoms with van der Waals surface area (Å²) in [6, 6.07) is 16.8. The van der Waals surface area contributed by atoms with Gasteiger partial charge in [-0.3, -0.25) is 14.4 Å². The molecule has 2 atom stereocenters. The second kappa shape index (κ2) is 10.2. The molecule has 7 nitrogen and oxygen atoms in total. The van der Waals surface area contributed by atoms with Gasteiger partial charge in [0.1, 0.15) is 5.92 Å². The maximum atomic E-state index is 12.8. The van der Waals surface area contributed by atoms with Crippen LogP contribution < -0.4 is 10.6 Å². The summed E-state index contributed by atoms with van der Waals surface area (Å²) in [5.41, 5.74) is 3.53. The molecule has 2 N–H and O–H groups in total. The molecule has 8 heteroatoms. The van der Waals surface area contributed by atoms with Crippen LogP contribution in [0.25, 0.3) is 0 Å². The third-order valence-corrected chi connectivity index (χ3v) is 6.17. The van der Waals surface area contributed by atoms with E-state index in [9.17, 15) is 19.6 Å². The summed E-state index contributed by atoms with van der Waals surface area (Å²) in [5.74, 6) is -3.56. The van der Waals surface area contributed by atoms with E-state index < -0.39 is 23.7 Å². The SMILES string of the molecule is COC(=O)[C@H]1C(=O)NC(SCC(=O)Nc2cc(C)ccc2C)=C(C#N)[C@H]1c1ccccc1. The van der Waals surface area contributed by atoms with Crippen molar-refractivity contribution in [3.63, 3.8) is 0 Å². The number of methoxy groups -OCH3 is 1. The lowest BCUT2D eigenvalue weighted by Crippen LogP contribution is -2.44. The van der Waals surface area contributed by atoms with Crippen molar-refractivity contribution in [2.24, 2.45) is 5.92 Å². The van der Waals surface area contributed by atoms with Crippen LogP contribution in [-0.2, 0) is 19.1 Å². The Morgan fingerprint density at radius 3 is 2.56 bits per heavy atom. The molecule has 0 spiro atoms. The van der Waals surface area contributed by atoms with Gasteiger partial charge in [-0.1, -0.05) is 54.2 Å². The van der Waals surface area contributed by atoms with E-state index in [1.165, 1.54) is 7.11 Å². The zero-order valence-electron chi connectivity index (χ0n) is 18.0. The van der Waals surface area contributed by atoms with Gasteiger partial charge in [-0.05, 0) is 36.6 Å². The largest absolute Gasteiger partial charge is 0.468 e. The molecule has 0 radical (unpaired) electrons. The number of rotatable bonds is 6. The summed E-state index contributed by atoms with van der Waals surface area (Å²) in [4.78, 5) is 37.7. The number of carbonyl (C=O) groups is 3. The molecular formula is C24H23N3O4S. The molecule has 0 fully saturated rings. The Kier molecular flexibility index (Phi) is 7.33. The first kappa shape index (κ1) is 23.1. The first-order valence-corrected chi connectivity index (χ1v) is 10.9. The van der Waals surface area contributed by atoms with E-state index in [1.807, 2.05) is 38.1 Å². The molecule has 2 aromatic carbocycles. The van der Waals surface area contributed by atoms with Crippen molar-refractivity contribution in [2.75, 3.05) is 18.2 Å². The van der Waals surface area contributed by atoms with Crippen LogP contribution in [0.4, 0.5) is 5.69 Å². The van der Waals surface area contributed by atoms with E-state index in [2.05, 4.69) is 16.7 Å². The van der Waals surface area contributed by atoms with Crippen molar-refractivity contribution in [1.82, 2.24) is 5.32 Å². The maximum absolute atomic E-state index is 12.8. The number of benzene rings is 2. The van der Waals surface area contributed by atoms with Crippen molar-refractivity contribution in [1.29, 1.82) is 5.26 Å².